The van der Waals surface area contributed by atoms with E-state index >= 15 is 0 Å². The lowest BCUT2D eigenvalue weighted by Crippen LogP contribution is -2.41. The van der Waals surface area contributed by atoms with Crippen LogP contribution in [0.25, 0.3) is 0 Å². The van der Waals surface area contributed by atoms with Gasteiger partial charge in [-0.2, -0.15) is 0 Å². The number of aromatic nitrogens is 1. The van der Waals surface area contributed by atoms with Crippen LogP contribution >= 0.6 is 0 Å². The first kappa shape index (κ1) is 20.5. The van der Waals surface area contributed by atoms with Crippen LogP contribution < -0.4 is 16.2 Å². The maximum atomic E-state index is 11.6. The first-order valence-electron chi connectivity index (χ1n) is 10.0. The van der Waals surface area contributed by atoms with Gasteiger partial charge < -0.3 is 20.1 Å². The van der Waals surface area contributed by atoms with E-state index in [-0.39, 0.29) is 5.56 Å². The van der Waals surface area contributed by atoms with Gasteiger partial charge in [0.15, 0.2) is 5.96 Å². The van der Waals surface area contributed by atoms with Crippen molar-refractivity contribution in [3.63, 3.8) is 0 Å². The molecule has 1 unspecified atom stereocenters. The molecule has 0 amide bonds. The monoisotopic (exact) mass is 361 g/mol. The first-order chi connectivity index (χ1) is 12.7. The number of nitrogens with zero attached hydrogens (tertiary/aromatic N) is 3. The number of hydrogen-bond donors (Lipinski definition) is 2. The van der Waals surface area contributed by atoms with Crippen molar-refractivity contribution in [2.24, 2.45) is 4.99 Å². The zero-order valence-electron chi connectivity index (χ0n) is 16.4. The van der Waals surface area contributed by atoms with E-state index < -0.39 is 0 Å². The summed E-state index contributed by atoms with van der Waals surface area (Å²) >= 11 is 0. The van der Waals surface area contributed by atoms with E-state index in [0.29, 0.717) is 0 Å². The average Bonchev–Trinajstić information content (AvgIpc) is 2.66. The molecule has 0 bridgehead atoms. The molecule has 1 atom stereocenters. The zero-order chi connectivity index (χ0) is 18.6. The number of guanidine groups is 1. The summed E-state index contributed by atoms with van der Waals surface area (Å²) in [6, 6.07) is 6.02. The van der Waals surface area contributed by atoms with Gasteiger partial charge in [0.1, 0.15) is 0 Å². The van der Waals surface area contributed by atoms with E-state index in [1.807, 2.05) is 19.3 Å². The fourth-order valence-corrected chi connectivity index (χ4v) is 3.46. The molecule has 1 saturated heterocycles. The van der Waals surface area contributed by atoms with Crippen LogP contribution in [0.2, 0.25) is 0 Å². The SMILES string of the molecule is CN=C(NCCCCn1ccccc1=O)NCCCN1CCCCC1C. The molecule has 1 fully saturated rings. The van der Waals surface area contributed by atoms with Crippen LogP contribution in [0.4, 0.5) is 0 Å². The largest absolute Gasteiger partial charge is 0.356 e. The number of rotatable bonds is 9. The molecule has 0 aromatic carbocycles. The van der Waals surface area contributed by atoms with Gasteiger partial charge in [-0.15, -0.1) is 0 Å². The summed E-state index contributed by atoms with van der Waals surface area (Å²) in [6.07, 6.45) is 9.03. The molecule has 1 aliphatic heterocycles. The van der Waals surface area contributed by atoms with Gasteiger partial charge in [-0.1, -0.05) is 12.5 Å². The number of piperidine rings is 1. The quantitative estimate of drug-likeness (QED) is 0.401. The number of aliphatic imine (C=N–C) groups is 1. The van der Waals surface area contributed by atoms with E-state index in [1.54, 1.807) is 16.7 Å². The highest BCUT2D eigenvalue weighted by Crippen LogP contribution is 2.15. The normalized spacial score (nSPS) is 18.7. The second-order valence-corrected chi connectivity index (χ2v) is 7.10. The molecule has 2 N–H and O–H groups in total. The molecule has 1 aliphatic rings. The lowest BCUT2D eigenvalue weighted by Gasteiger charge is -2.33. The van der Waals surface area contributed by atoms with Crippen LogP contribution in [0.15, 0.2) is 34.2 Å². The Bertz CT molecular complexity index is 598. The molecular weight excluding hydrogens is 326 g/mol. The zero-order valence-corrected chi connectivity index (χ0v) is 16.4. The number of pyridine rings is 1. The Morgan fingerprint density at radius 1 is 1.15 bits per heavy atom. The van der Waals surface area contributed by atoms with Crippen LogP contribution in [0, 0.1) is 0 Å². The second-order valence-electron chi connectivity index (χ2n) is 7.10. The number of aryl methyl sites for hydroxylation is 1. The fourth-order valence-electron chi connectivity index (χ4n) is 3.46. The highest BCUT2D eigenvalue weighted by atomic mass is 16.1. The Hall–Kier alpha value is -1.82. The van der Waals surface area contributed by atoms with Crippen LogP contribution in [0.3, 0.4) is 0 Å². The molecular formula is C20H35N5O. The molecule has 2 rings (SSSR count). The number of unbranched alkanes of at least 4 members (excludes halogenated alkanes) is 1. The third-order valence-corrected chi connectivity index (χ3v) is 5.10. The van der Waals surface area contributed by atoms with E-state index in [0.717, 1.165) is 57.4 Å². The van der Waals surface area contributed by atoms with Gasteiger partial charge in [0.2, 0.25) is 5.56 Å². The van der Waals surface area contributed by atoms with Crippen molar-refractivity contribution < 1.29 is 0 Å². The number of nitrogens with one attached hydrogen (secondary N) is 2. The van der Waals surface area contributed by atoms with Crippen LogP contribution in [0.1, 0.15) is 45.4 Å². The highest BCUT2D eigenvalue weighted by Gasteiger charge is 2.16. The van der Waals surface area contributed by atoms with Crippen LogP contribution in [-0.2, 0) is 6.54 Å². The summed E-state index contributed by atoms with van der Waals surface area (Å²) in [5.74, 6) is 0.869. The Balaban J connectivity index is 1.53. The Morgan fingerprint density at radius 3 is 2.69 bits per heavy atom. The van der Waals surface area contributed by atoms with Crippen LogP contribution in [0.5, 0.6) is 0 Å². The molecule has 6 nitrogen and oxygen atoms in total. The van der Waals surface area contributed by atoms with Crippen molar-refractivity contribution in [3.8, 4) is 0 Å². The van der Waals surface area contributed by atoms with Crippen LogP contribution in [-0.4, -0.2) is 54.7 Å². The van der Waals surface area contributed by atoms with Crippen molar-refractivity contribution in [2.45, 2.75) is 58.0 Å². The molecule has 0 radical (unpaired) electrons. The molecule has 2 heterocycles. The van der Waals surface area contributed by atoms with Gasteiger partial charge >= 0.3 is 0 Å². The first-order valence-corrected chi connectivity index (χ1v) is 10.0. The Kier molecular flexibility index (Phi) is 9.24. The Morgan fingerprint density at radius 2 is 1.96 bits per heavy atom. The predicted octanol–water partition coefficient (Wildman–Crippen LogP) is 2.06. The highest BCUT2D eigenvalue weighted by molar-refractivity contribution is 5.79. The summed E-state index contributed by atoms with van der Waals surface area (Å²) in [7, 11) is 1.81. The molecule has 0 aliphatic carbocycles. The predicted molar refractivity (Wildman–Crippen MR) is 109 cm³/mol. The van der Waals surface area contributed by atoms with Crippen molar-refractivity contribution >= 4 is 5.96 Å². The molecule has 1 aromatic rings. The average molecular weight is 362 g/mol. The van der Waals surface area contributed by atoms with Crippen molar-refractivity contribution in [1.29, 1.82) is 0 Å². The minimum absolute atomic E-state index is 0.0703. The number of likely N-dealkylation sites (tertiary alicyclic amines) is 1. The molecule has 26 heavy (non-hydrogen) atoms. The number of hydrogen-bond acceptors (Lipinski definition) is 3. The van der Waals surface area contributed by atoms with E-state index in [9.17, 15) is 4.79 Å². The molecule has 6 heteroatoms. The van der Waals surface area contributed by atoms with Gasteiger partial charge in [-0.25, -0.2) is 0 Å². The minimum Gasteiger partial charge on any atom is -0.356 e. The van der Waals surface area contributed by atoms with Gasteiger partial charge in [-0.3, -0.25) is 9.79 Å². The van der Waals surface area contributed by atoms with Gasteiger partial charge in [0.25, 0.3) is 0 Å². The molecule has 0 saturated carbocycles. The van der Waals surface area contributed by atoms with Gasteiger partial charge in [0, 0.05) is 51.5 Å². The Labute approximate surface area is 157 Å². The third kappa shape index (κ3) is 7.20. The fraction of sp³-hybridized carbons (Fsp3) is 0.700. The molecule has 146 valence electrons. The second kappa shape index (κ2) is 11.7. The standard InChI is InChI=1S/C20H35N5O/c1-18-10-3-6-14-24(18)17-9-13-23-20(21-2)22-12-5-8-16-25-15-7-4-11-19(25)26/h4,7,11,15,18H,3,5-6,8-10,12-14,16-17H2,1-2H3,(H2,21,22,23). The lowest BCUT2D eigenvalue weighted by atomic mass is 10.0. The summed E-state index contributed by atoms with van der Waals surface area (Å²) in [6.45, 7) is 7.33. The molecule has 0 spiro atoms. The topological polar surface area (TPSA) is 61.7 Å². The minimum atomic E-state index is 0.0703. The maximum Gasteiger partial charge on any atom is 0.250 e. The third-order valence-electron chi connectivity index (χ3n) is 5.10. The van der Waals surface area contributed by atoms with Gasteiger partial charge in [-0.05, 0) is 51.6 Å². The van der Waals surface area contributed by atoms with E-state index in [4.69, 9.17) is 0 Å². The summed E-state index contributed by atoms with van der Waals surface area (Å²) in [4.78, 5) is 18.5. The van der Waals surface area contributed by atoms with Crippen molar-refractivity contribution in [1.82, 2.24) is 20.1 Å². The maximum absolute atomic E-state index is 11.6. The summed E-state index contributed by atoms with van der Waals surface area (Å²) < 4.78 is 1.76. The molecule has 1 aromatic heterocycles. The smallest absolute Gasteiger partial charge is 0.250 e. The summed E-state index contributed by atoms with van der Waals surface area (Å²) in [5, 5.41) is 6.75. The lowest BCUT2D eigenvalue weighted by molar-refractivity contribution is 0.159. The van der Waals surface area contributed by atoms with E-state index in [1.165, 1.54) is 25.8 Å². The van der Waals surface area contributed by atoms with Crippen molar-refractivity contribution in [3.05, 3.63) is 34.7 Å². The van der Waals surface area contributed by atoms with Crippen molar-refractivity contribution in [2.75, 3.05) is 33.2 Å². The summed E-state index contributed by atoms with van der Waals surface area (Å²) in [5.41, 5.74) is 0.0703. The van der Waals surface area contributed by atoms with Gasteiger partial charge in [0.05, 0.1) is 0 Å². The van der Waals surface area contributed by atoms with E-state index in [2.05, 4.69) is 27.4 Å².